The average molecular weight is 419 g/mol. The molecule has 4 nitrogen and oxygen atoms in total. The molecule has 0 aromatic rings. The zero-order valence-electron chi connectivity index (χ0n) is 20.0. The smallest absolute Gasteiger partial charge is 0.118 e. The Morgan fingerprint density at radius 3 is 2.57 bits per heavy atom. The number of rotatable bonds is 7. The summed E-state index contributed by atoms with van der Waals surface area (Å²) in [6, 6.07) is 0. The lowest BCUT2D eigenvalue weighted by Gasteiger charge is -2.61. The summed E-state index contributed by atoms with van der Waals surface area (Å²) in [5.41, 5.74) is 0.985. The Morgan fingerprint density at radius 2 is 1.77 bits per heavy atom. The molecule has 3 unspecified atom stereocenters. The highest BCUT2D eigenvalue weighted by Gasteiger charge is 2.59. The number of aliphatic hydroxyl groups is 1. The summed E-state index contributed by atoms with van der Waals surface area (Å²) in [6.07, 6.45) is 15.9. The van der Waals surface area contributed by atoms with Crippen molar-refractivity contribution in [3.63, 3.8) is 0 Å². The maximum absolute atomic E-state index is 10.2. The molecule has 0 radical (unpaired) electrons. The minimum Gasteiger partial charge on any atom is -0.396 e. The fourth-order valence-corrected chi connectivity index (χ4v) is 8.45. The summed E-state index contributed by atoms with van der Waals surface area (Å²) < 4.78 is 0. The second-order valence-electron chi connectivity index (χ2n) is 11.9. The molecule has 4 aliphatic rings. The normalized spacial score (nSPS) is 45.9. The van der Waals surface area contributed by atoms with Crippen molar-refractivity contribution >= 4 is 6.21 Å². The van der Waals surface area contributed by atoms with Crippen molar-refractivity contribution in [2.75, 3.05) is 27.2 Å². The molecule has 172 valence electrons. The predicted molar refractivity (Wildman–Crippen MR) is 123 cm³/mol. The molecule has 4 aliphatic carbocycles. The third kappa shape index (κ3) is 4.20. The van der Waals surface area contributed by atoms with E-state index in [0.717, 1.165) is 68.4 Å². The Bertz CT molecular complexity index is 608. The molecule has 0 amide bonds. The number of hydrogen-bond acceptors (Lipinski definition) is 4. The minimum absolute atomic E-state index is 0.0336. The molecule has 0 bridgehead atoms. The standard InChI is InChI=1S/C26H46N2O2/c1-25-14-11-24-22(8-6-20-18-21(29)10-13-26(20,24)2)23(25)9-7-19(25)12-15-27-30-17-5-16-28(3)4/h15,19-24,29H,5-14,16-18H2,1-4H3/t19?,20?,21?,22-,23-,24+,25+,26-/m0/s1. The highest BCUT2D eigenvalue weighted by atomic mass is 16.6. The van der Waals surface area contributed by atoms with Crippen LogP contribution < -0.4 is 0 Å². The lowest BCUT2D eigenvalue weighted by molar-refractivity contribution is -0.126. The van der Waals surface area contributed by atoms with Crippen LogP contribution in [-0.2, 0) is 4.84 Å². The van der Waals surface area contributed by atoms with Crippen molar-refractivity contribution in [1.29, 1.82) is 0 Å². The molecule has 0 aromatic heterocycles. The molecule has 8 atom stereocenters. The molecule has 0 spiro atoms. The highest BCUT2D eigenvalue weighted by Crippen LogP contribution is 2.67. The first kappa shape index (κ1) is 22.6. The van der Waals surface area contributed by atoms with E-state index in [2.05, 4.69) is 44.2 Å². The van der Waals surface area contributed by atoms with E-state index in [1.807, 2.05) is 0 Å². The Hall–Kier alpha value is -0.610. The van der Waals surface area contributed by atoms with E-state index in [9.17, 15) is 5.11 Å². The minimum atomic E-state index is -0.0336. The lowest BCUT2D eigenvalue weighted by atomic mass is 9.44. The molecule has 0 aliphatic heterocycles. The monoisotopic (exact) mass is 418 g/mol. The van der Waals surface area contributed by atoms with Gasteiger partial charge in [0.1, 0.15) is 6.61 Å². The van der Waals surface area contributed by atoms with Gasteiger partial charge in [-0.15, -0.1) is 0 Å². The van der Waals surface area contributed by atoms with Crippen LogP contribution in [0.25, 0.3) is 0 Å². The lowest BCUT2D eigenvalue weighted by Crippen LogP contribution is -2.53. The molecule has 4 saturated carbocycles. The zero-order valence-corrected chi connectivity index (χ0v) is 20.0. The molecule has 0 heterocycles. The summed E-state index contributed by atoms with van der Waals surface area (Å²) in [6.45, 7) is 6.97. The van der Waals surface area contributed by atoms with E-state index in [0.29, 0.717) is 10.8 Å². The van der Waals surface area contributed by atoms with E-state index in [1.165, 1.54) is 44.9 Å². The van der Waals surface area contributed by atoms with Gasteiger partial charge in [-0.1, -0.05) is 19.0 Å². The number of oxime groups is 1. The van der Waals surface area contributed by atoms with Gasteiger partial charge < -0.3 is 14.8 Å². The Labute approximate surface area is 184 Å². The first-order valence-electron chi connectivity index (χ1n) is 12.8. The number of fused-ring (bicyclic) bond motifs is 5. The molecule has 4 rings (SSSR count). The van der Waals surface area contributed by atoms with Crippen LogP contribution in [-0.4, -0.2) is 49.6 Å². The van der Waals surface area contributed by atoms with Gasteiger partial charge in [0.15, 0.2) is 0 Å². The Morgan fingerprint density at radius 1 is 1.00 bits per heavy atom. The third-order valence-electron chi connectivity index (χ3n) is 10.2. The van der Waals surface area contributed by atoms with Crippen molar-refractivity contribution in [3.05, 3.63) is 0 Å². The van der Waals surface area contributed by atoms with E-state index in [-0.39, 0.29) is 6.10 Å². The zero-order chi connectivity index (χ0) is 21.4. The molecular weight excluding hydrogens is 372 g/mol. The quantitative estimate of drug-likeness (QED) is 0.344. The fraction of sp³-hybridized carbons (Fsp3) is 0.962. The van der Waals surface area contributed by atoms with Crippen LogP contribution in [0.15, 0.2) is 5.16 Å². The van der Waals surface area contributed by atoms with Crippen LogP contribution in [0, 0.1) is 40.4 Å². The SMILES string of the molecule is CN(C)CCCON=CCC1CC[C@H]2[C@@H]3CCC4CC(O)CC[C@]4(C)[C@@H]3CC[C@]12C. The second kappa shape index (κ2) is 9.10. The van der Waals surface area contributed by atoms with Gasteiger partial charge in [-0.05, 0) is 125 Å². The molecule has 0 saturated heterocycles. The summed E-state index contributed by atoms with van der Waals surface area (Å²) >= 11 is 0. The van der Waals surface area contributed by atoms with Crippen molar-refractivity contribution in [3.8, 4) is 0 Å². The molecule has 4 heteroatoms. The van der Waals surface area contributed by atoms with E-state index >= 15 is 0 Å². The highest BCUT2D eigenvalue weighted by molar-refractivity contribution is 5.57. The average Bonchev–Trinajstić information content (AvgIpc) is 3.04. The van der Waals surface area contributed by atoms with E-state index in [1.54, 1.807) is 0 Å². The Kier molecular flexibility index (Phi) is 6.85. The van der Waals surface area contributed by atoms with Crippen LogP contribution >= 0.6 is 0 Å². The molecule has 30 heavy (non-hydrogen) atoms. The van der Waals surface area contributed by atoms with E-state index in [4.69, 9.17) is 4.84 Å². The number of hydrogen-bond donors (Lipinski definition) is 1. The summed E-state index contributed by atoms with van der Waals surface area (Å²) in [5, 5.41) is 14.5. The van der Waals surface area contributed by atoms with Crippen molar-refractivity contribution in [1.82, 2.24) is 4.90 Å². The molecule has 1 N–H and O–H groups in total. The van der Waals surface area contributed by atoms with Crippen LogP contribution in [0.2, 0.25) is 0 Å². The predicted octanol–water partition coefficient (Wildman–Crippen LogP) is 5.35. The molecular formula is C26H46N2O2. The number of aliphatic hydroxyl groups excluding tert-OH is 1. The Balaban J connectivity index is 1.34. The van der Waals surface area contributed by atoms with Gasteiger partial charge in [0.05, 0.1) is 6.10 Å². The third-order valence-corrected chi connectivity index (χ3v) is 10.2. The van der Waals surface area contributed by atoms with Gasteiger partial charge in [-0.2, -0.15) is 0 Å². The summed E-state index contributed by atoms with van der Waals surface area (Å²) in [7, 11) is 4.19. The van der Waals surface area contributed by atoms with Gasteiger partial charge in [0, 0.05) is 12.8 Å². The van der Waals surface area contributed by atoms with Crippen molar-refractivity contribution in [2.24, 2.45) is 45.6 Å². The second-order valence-corrected chi connectivity index (χ2v) is 11.9. The van der Waals surface area contributed by atoms with Crippen molar-refractivity contribution < 1.29 is 9.94 Å². The fourth-order valence-electron chi connectivity index (χ4n) is 8.45. The van der Waals surface area contributed by atoms with E-state index < -0.39 is 0 Å². The van der Waals surface area contributed by atoms with Crippen LogP contribution in [0.5, 0.6) is 0 Å². The van der Waals surface area contributed by atoms with Gasteiger partial charge >= 0.3 is 0 Å². The molecule has 4 fully saturated rings. The summed E-state index contributed by atoms with van der Waals surface area (Å²) in [4.78, 5) is 7.69. The largest absolute Gasteiger partial charge is 0.396 e. The maximum Gasteiger partial charge on any atom is 0.118 e. The summed E-state index contributed by atoms with van der Waals surface area (Å²) in [5.74, 6) is 4.26. The van der Waals surface area contributed by atoms with Gasteiger partial charge in [0.25, 0.3) is 0 Å². The number of nitrogens with zero attached hydrogens (tertiary/aromatic N) is 2. The molecule has 0 aromatic carbocycles. The van der Waals surface area contributed by atoms with Crippen molar-refractivity contribution in [2.45, 2.75) is 90.6 Å². The van der Waals surface area contributed by atoms with Gasteiger partial charge in [-0.25, -0.2) is 0 Å². The van der Waals surface area contributed by atoms with Gasteiger partial charge in [-0.3, -0.25) is 0 Å². The van der Waals surface area contributed by atoms with Crippen LogP contribution in [0.3, 0.4) is 0 Å². The topological polar surface area (TPSA) is 45.1 Å². The van der Waals surface area contributed by atoms with Crippen LogP contribution in [0.4, 0.5) is 0 Å². The first-order chi connectivity index (χ1) is 14.3. The van der Waals surface area contributed by atoms with Crippen LogP contribution in [0.1, 0.15) is 84.5 Å². The maximum atomic E-state index is 10.2. The first-order valence-corrected chi connectivity index (χ1v) is 12.8. The van der Waals surface area contributed by atoms with Gasteiger partial charge in [0.2, 0.25) is 0 Å².